The lowest BCUT2D eigenvalue weighted by Crippen LogP contribution is -2.62. The largest absolute Gasteiger partial charge is 0.459 e. The number of rotatable bonds is 17. The number of benzene rings is 1. The topological polar surface area (TPSA) is 254 Å². The number of esters is 1. The van der Waals surface area contributed by atoms with Crippen LogP contribution in [-0.2, 0) is 44.4 Å². The molecule has 1 aromatic heterocycles. The number of halogens is 1. The third-order valence-corrected chi connectivity index (χ3v) is 17.5. The van der Waals surface area contributed by atoms with Crippen molar-refractivity contribution < 1.29 is 67.9 Å². The van der Waals surface area contributed by atoms with Gasteiger partial charge in [-0.3, -0.25) is 9.59 Å². The van der Waals surface area contributed by atoms with E-state index < -0.39 is 132 Å². The Labute approximate surface area is 442 Å². The van der Waals surface area contributed by atoms with E-state index in [1.165, 1.54) is 37.6 Å². The molecule has 2 aromatic rings. The predicted octanol–water partition coefficient (Wildman–Crippen LogP) is 3.85. The fraction of sp³-hybridized carbons (Fsp3) is 0.811. The first-order valence-electron chi connectivity index (χ1n) is 26.3. The normalized spacial score (nSPS) is 39.2. The van der Waals surface area contributed by atoms with E-state index in [1.807, 2.05) is 68.9 Å². The number of ether oxygens (including phenoxy) is 6. The van der Waals surface area contributed by atoms with Gasteiger partial charge in [0.15, 0.2) is 6.29 Å². The third-order valence-electron chi connectivity index (χ3n) is 16.4. The van der Waals surface area contributed by atoms with Crippen LogP contribution < -0.4 is 5.73 Å². The van der Waals surface area contributed by atoms with E-state index in [2.05, 4.69) is 10.3 Å². The molecule has 0 aliphatic carbocycles. The van der Waals surface area contributed by atoms with Crippen molar-refractivity contribution >= 4 is 23.6 Å². The molecule has 422 valence electrons. The molecule has 0 spiro atoms. The minimum Gasteiger partial charge on any atom is -0.459 e. The second kappa shape index (κ2) is 26.2. The monoisotopic (exact) mass is 1070 g/mol. The van der Waals surface area contributed by atoms with Gasteiger partial charge in [-0.05, 0) is 104 Å². The Morgan fingerprint density at radius 1 is 1.03 bits per heavy atom. The van der Waals surface area contributed by atoms with Gasteiger partial charge in [0.05, 0.1) is 53.0 Å². The number of aliphatic hydroxyl groups is 5. The molecular formula is C53H89FN6O13S. The fourth-order valence-corrected chi connectivity index (χ4v) is 12.6. The molecule has 3 fully saturated rings. The van der Waals surface area contributed by atoms with Crippen LogP contribution in [0.4, 0.5) is 4.39 Å². The lowest BCUT2D eigenvalue weighted by molar-refractivity contribution is -0.302. The highest BCUT2D eigenvalue weighted by molar-refractivity contribution is 8.00. The van der Waals surface area contributed by atoms with Crippen molar-refractivity contribution in [2.75, 3.05) is 53.8 Å². The molecular weight excluding hydrogens is 980 g/mol. The van der Waals surface area contributed by atoms with E-state index in [4.69, 9.17) is 34.2 Å². The van der Waals surface area contributed by atoms with Gasteiger partial charge in [-0.25, -0.2) is 9.07 Å². The standard InChI is InChI=1S/C53H89FN6O13S/c1-15-41-53(10,67)46(63)33(6)59(12)26-29(2)23-51(8,66)48(31(4)43(32(5)49(65)72-41)40-24-52(9,69-14)47(64)34(7)71-40)73-50-44(62)38(22-30(3)70-50)58(11)21-20-36-27-60(57-56-36)39(25-54)45(68-13)35-16-18-37(19-17-35)74-28-42(55)61/h16-19,27,29-34,38-41,43-48,50,62-64,66-67H,15,20-26,28H2,1-14H3,(H2,55,61)/t29-,30-,31+,32-,33-,34+,38+,39-,40?,41-,43+,44-,45-,46-,47+,48-,50+,51-,52-,53-/m1/s1. The molecule has 5 rings (SSSR count). The van der Waals surface area contributed by atoms with Crippen LogP contribution >= 0.6 is 11.8 Å². The van der Waals surface area contributed by atoms with Crippen LogP contribution in [-0.4, -0.2) is 200 Å². The van der Waals surface area contributed by atoms with E-state index in [9.17, 15) is 39.5 Å². The lowest BCUT2D eigenvalue weighted by atomic mass is 9.68. The Morgan fingerprint density at radius 2 is 1.69 bits per heavy atom. The van der Waals surface area contributed by atoms with Crippen LogP contribution in [0.2, 0.25) is 0 Å². The molecule has 7 N–H and O–H groups in total. The number of thioether (sulfide) groups is 1. The zero-order valence-electron chi connectivity index (χ0n) is 46.2. The molecule has 3 aliphatic rings. The van der Waals surface area contributed by atoms with Crippen LogP contribution in [0.5, 0.6) is 0 Å². The van der Waals surface area contributed by atoms with Crippen LogP contribution in [0.25, 0.3) is 0 Å². The van der Waals surface area contributed by atoms with Gasteiger partial charge in [0.25, 0.3) is 0 Å². The van der Waals surface area contributed by atoms with Crippen molar-refractivity contribution in [1.82, 2.24) is 24.8 Å². The number of aliphatic hydroxyl groups excluding tert-OH is 3. The summed E-state index contributed by atoms with van der Waals surface area (Å²) in [5, 5.41) is 68.9. The van der Waals surface area contributed by atoms with Gasteiger partial charge < -0.3 is 69.5 Å². The second-order valence-corrected chi connectivity index (χ2v) is 23.5. The predicted molar refractivity (Wildman–Crippen MR) is 277 cm³/mol. The summed E-state index contributed by atoms with van der Waals surface area (Å²) in [6.45, 7) is 17.8. The summed E-state index contributed by atoms with van der Waals surface area (Å²) in [7, 11) is 6.74. The van der Waals surface area contributed by atoms with Crippen molar-refractivity contribution in [2.24, 2.45) is 29.4 Å². The molecule has 74 heavy (non-hydrogen) atoms. The second-order valence-electron chi connectivity index (χ2n) is 22.4. The highest BCUT2D eigenvalue weighted by Crippen LogP contribution is 2.45. The quantitative estimate of drug-likeness (QED) is 0.0972. The zero-order valence-corrected chi connectivity index (χ0v) is 47.0. The summed E-state index contributed by atoms with van der Waals surface area (Å²) in [4.78, 5) is 30.7. The Hall–Kier alpha value is -2.90. The number of hydrogen-bond donors (Lipinski definition) is 6. The van der Waals surface area contributed by atoms with Gasteiger partial charge in [0.1, 0.15) is 48.8 Å². The molecule has 21 heteroatoms. The molecule has 3 saturated heterocycles. The number of primary amides is 1. The number of carbonyl (C=O) groups is 2. The summed E-state index contributed by atoms with van der Waals surface area (Å²) in [5.41, 5.74) is 2.07. The average molecular weight is 1070 g/mol. The molecule has 1 unspecified atom stereocenters. The minimum absolute atomic E-state index is 0.138. The third kappa shape index (κ3) is 14.4. The molecule has 0 radical (unpaired) electrons. The van der Waals surface area contributed by atoms with Gasteiger partial charge in [-0.1, -0.05) is 45.0 Å². The first-order valence-corrected chi connectivity index (χ1v) is 27.2. The summed E-state index contributed by atoms with van der Waals surface area (Å²) in [5.74, 6) is -3.58. The number of alkyl halides is 1. The molecule has 4 heterocycles. The highest BCUT2D eigenvalue weighted by Gasteiger charge is 2.55. The molecule has 0 bridgehead atoms. The zero-order chi connectivity index (χ0) is 55.2. The first-order chi connectivity index (χ1) is 34.6. The smallest absolute Gasteiger partial charge is 0.309 e. The van der Waals surface area contributed by atoms with E-state index in [0.29, 0.717) is 31.6 Å². The number of likely N-dealkylation sites (N-methyl/N-ethyl adjacent to an activating group) is 2. The van der Waals surface area contributed by atoms with Crippen molar-refractivity contribution in [3.8, 4) is 0 Å². The van der Waals surface area contributed by atoms with Crippen molar-refractivity contribution in [3.63, 3.8) is 0 Å². The number of cyclic esters (lactones) is 1. The number of nitrogens with zero attached hydrogens (tertiary/aromatic N) is 5. The van der Waals surface area contributed by atoms with Gasteiger partial charge in [0, 0.05) is 69.2 Å². The summed E-state index contributed by atoms with van der Waals surface area (Å²) in [6.07, 6.45) is -6.43. The van der Waals surface area contributed by atoms with E-state index in [1.54, 1.807) is 47.7 Å². The molecule has 3 aliphatic heterocycles. The summed E-state index contributed by atoms with van der Waals surface area (Å²) in [6, 6.07) is 5.41. The maximum atomic E-state index is 14.8. The fourth-order valence-electron chi connectivity index (χ4n) is 12.0. The number of methoxy groups -OCH3 is 2. The maximum absolute atomic E-state index is 14.8. The lowest BCUT2D eigenvalue weighted by Gasteiger charge is -2.51. The van der Waals surface area contributed by atoms with E-state index in [0.717, 1.165) is 10.5 Å². The van der Waals surface area contributed by atoms with Crippen molar-refractivity contribution in [1.29, 1.82) is 0 Å². The first kappa shape index (κ1) is 61.9. The molecule has 20 atom stereocenters. The van der Waals surface area contributed by atoms with E-state index >= 15 is 0 Å². The Balaban J connectivity index is 1.44. The number of nitrogens with two attached hydrogens (primary N) is 1. The molecule has 19 nitrogen and oxygen atoms in total. The minimum atomic E-state index is -1.84. The number of amides is 1. The SMILES string of the molecule is CC[C@H]1OC(=O)[C@H](C)[C@@H](C2C[C@@](C)(OC)[C@@H](O)[C@H](C)O2)[C@H](C)[C@@H](O[C@@H]2O[C@H](C)C[C@H](N(C)CCc3cn([C@H](CF)[C@H](OC)c4ccc(SCC(N)=O)cc4)nn3)[C@H]2O)[C@](C)(O)C[C@@H](C)CN(C)[C@H](C)[C@@H](O)[C@]1(C)O. The summed E-state index contributed by atoms with van der Waals surface area (Å²) >= 11 is 1.31. The average Bonchev–Trinajstić information content (AvgIpc) is 3.82. The van der Waals surface area contributed by atoms with Gasteiger partial charge >= 0.3 is 5.97 Å². The molecule has 0 saturated carbocycles. The van der Waals surface area contributed by atoms with Crippen LogP contribution in [0.1, 0.15) is 118 Å². The number of carbonyl (C=O) groups excluding carboxylic acids is 2. The van der Waals surface area contributed by atoms with Crippen molar-refractivity contribution in [2.45, 2.75) is 202 Å². The van der Waals surface area contributed by atoms with Crippen LogP contribution in [0.15, 0.2) is 35.4 Å². The maximum Gasteiger partial charge on any atom is 0.309 e. The Morgan fingerprint density at radius 3 is 2.28 bits per heavy atom. The van der Waals surface area contributed by atoms with Crippen LogP contribution in [0, 0.1) is 23.7 Å². The van der Waals surface area contributed by atoms with E-state index in [-0.39, 0.29) is 30.9 Å². The molecule has 1 amide bonds. The summed E-state index contributed by atoms with van der Waals surface area (Å²) < 4.78 is 54.2. The number of hydrogen-bond acceptors (Lipinski definition) is 18. The van der Waals surface area contributed by atoms with Crippen LogP contribution in [0.3, 0.4) is 0 Å². The molecule has 1 aromatic carbocycles. The van der Waals surface area contributed by atoms with Gasteiger partial charge in [0.2, 0.25) is 5.91 Å². The van der Waals surface area contributed by atoms with Gasteiger partial charge in [-0.2, -0.15) is 0 Å². The number of aromatic nitrogens is 3. The van der Waals surface area contributed by atoms with Crippen molar-refractivity contribution in [3.05, 3.63) is 41.7 Å². The Kier molecular flexibility index (Phi) is 21.9. The highest BCUT2D eigenvalue weighted by atomic mass is 32.2. The Bertz CT molecular complexity index is 2090. The van der Waals surface area contributed by atoms with Gasteiger partial charge in [-0.15, -0.1) is 16.9 Å².